The van der Waals surface area contributed by atoms with Crippen LogP contribution in [0.1, 0.15) is 0 Å². The molecule has 0 aliphatic heterocycles. The molecule has 11 rings (SSSR count). The van der Waals surface area contributed by atoms with Crippen molar-refractivity contribution in [2.45, 2.75) is 0 Å². The maximum absolute atomic E-state index is 6.41. The van der Waals surface area contributed by atoms with E-state index in [1.807, 2.05) is 0 Å². The fourth-order valence-corrected chi connectivity index (χ4v) is 8.13. The molecule has 0 saturated carbocycles. The first-order valence-corrected chi connectivity index (χ1v) is 15.5. The lowest BCUT2D eigenvalue weighted by atomic mass is 9.92. The highest BCUT2D eigenvalue weighted by Gasteiger charge is 2.25. The predicted molar refractivity (Wildman–Crippen MR) is 189 cm³/mol. The van der Waals surface area contributed by atoms with Gasteiger partial charge >= 0.3 is 0 Å². The van der Waals surface area contributed by atoms with Crippen molar-refractivity contribution in [2.75, 3.05) is 0 Å². The maximum atomic E-state index is 6.41. The minimum atomic E-state index is 0.941. The number of rotatable bonds is 2. The Morgan fingerprint density at radius 1 is 0.311 bits per heavy atom. The van der Waals surface area contributed by atoms with Gasteiger partial charge in [0.25, 0.3) is 0 Å². The Bertz CT molecular complexity index is 2960. The molecule has 3 heterocycles. The van der Waals surface area contributed by atoms with Crippen molar-refractivity contribution in [3.05, 3.63) is 146 Å². The van der Waals surface area contributed by atoms with Crippen LogP contribution in [0, 0.1) is 0 Å². The lowest BCUT2D eigenvalue weighted by Gasteiger charge is -2.12. The summed E-state index contributed by atoms with van der Waals surface area (Å²) in [5, 5.41) is 12.5. The molecule has 0 N–H and O–H groups in total. The number of fused-ring (bicyclic) bond motifs is 11. The fourth-order valence-electron chi connectivity index (χ4n) is 8.13. The number of hydrogen-bond acceptors (Lipinski definition) is 1. The van der Waals surface area contributed by atoms with E-state index in [4.69, 9.17) is 4.42 Å². The molecule has 8 aromatic carbocycles. The van der Waals surface area contributed by atoms with Crippen molar-refractivity contribution in [3.63, 3.8) is 0 Å². The van der Waals surface area contributed by atoms with Gasteiger partial charge in [-0.25, -0.2) is 0 Å². The first kappa shape index (κ1) is 23.4. The Kier molecular flexibility index (Phi) is 4.32. The highest BCUT2D eigenvalue weighted by Crippen LogP contribution is 2.48. The smallest absolute Gasteiger partial charge is 0.136 e. The van der Waals surface area contributed by atoms with E-state index < -0.39 is 0 Å². The Labute approximate surface area is 257 Å². The summed E-state index contributed by atoms with van der Waals surface area (Å²) in [6.45, 7) is 0. The molecule has 0 fully saturated rings. The van der Waals surface area contributed by atoms with Gasteiger partial charge in [-0.2, -0.15) is 0 Å². The van der Waals surface area contributed by atoms with Gasteiger partial charge in [-0.15, -0.1) is 0 Å². The second-order valence-electron chi connectivity index (χ2n) is 12.1. The summed E-state index contributed by atoms with van der Waals surface area (Å²) < 4.78 is 11.3. The van der Waals surface area contributed by atoms with Crippen molar-refractivity contribution >= 4 is 87.1 Å². The number of furan rings is 1. The molecule has 208 valence electrons. The molecule has 0 saturated heterocycles. The average molecular weight is 573 g/mol. The van der Waals surface area contributed by atoms with Gasteiger partial charge in [-0.1, -0.05) is 97.1 Å². The normalized spacial score (nSPS) is 12.4. The van der Waals surface area contributed by atoms with Crippen molar-refractivity contribution < 1.29 is 4.42 Å². The number of para-hydroxylation sites is 3. The second kappa shape index (κ2) is 8.31. The lowest BCUT2D eigenvalue weighted by Crippen LogP contribution is -1.98. The number of aromatic nitrogens is 2. The van der Waals surface area contributed by atoms with Crippen LogP contribution in [0.3, 0.4) is 0 Å². The minimum Gasteiger partial charge on any atom is -0.456 e. The largest absolute Gasteiger partial charge is 0.456 e. The monoisotopic (exact) mass is 572 g/mol. The maximum Gasteiger partial charge on any atom is 0.136 e. The highest BCUT2D eigenvalue weighted by molar-refractivity contribution is 6.40. The van der Waals surface area contributed by atoms with Gasteiger partial charge in [0, 0.05) is 49.1 Å². The molecular weight excluding hydrogens is 548 g/mol. The van der Waals surface area contributed by atoms with E-state index in [2.05, 4.69) is 155 Å². The summed E-state index contributed by atoms with van der Waals surface area (Å²) in [5.74, 6) is 0. The van der Waals surface area contributed by atoms with Crippen LogP contribution in [0.25, 0.3) is 98.5 Å². The van der Waals surface area contributed by atoms with E-state index in [1.54, 1.807) is 0 Å². The zero-order chi connectivity index (χ0) is 29.2. The standard InChI is InChI=1S/C42H24N2O/c1-3-11-25(12-4-1)43-33-18-8-7-15-27(33)30-21-22-32-38-34(44(42(32)41(30)43)26-13-5-2-6-14-26)24-23-29-28-16-9-19-35-39(28)40-31(37(29)38)17-10-20-36(40)45-35/h1-24H. The molecule has 0 bridgehead atoms. The molecule has 3 aromatic heterocycles. The Hall–Kier alpha value is -6.06. The SMILES string of the molecule is c1ccc(-n2c3ccccc3c3ccc4c5c6c(ccc5n(-c5ccccc5)c4c32)c2cccc3oc4cccc6c4c32)cc1. The van der Waals surface area contributed by atoms with Gasteiger partial charge in [0.2, 0.25) is 0 Å². The van der Waals surface area contributed by atoms with E-state index >= 15 is 0 Å². The van der Waals surface area contributed by atoms with E-state index in [0.29, 0.717) is 0 Å². The lowest BCUT2D eigenvalue weighted by molar-refractivity contribution is 0.669. The molecule has 3 nitrogen and oxygen atoms in total. The number of benzene rings is 8. The van der Waals surface area contributed by atoms with Crippen LogP contribution in [0.5, 0.6) is 0 Å². The molecule has 45 heavy (non-hydrogen) atoms. The number of nitrogens with zero attached hydrogens (tertiary/aromatic N) is 2. The zero-order valence-corrected chi connectivity index (χ0v) is 24.2. The van der Waals surface area contributed by atoms with Crippen LogP contribution in [-0.4, -0.2) is 9.13 Å². The van der Waals surface area contributed by atoms with Gasteiger partial charge in [0.05, 0.1) is 22.1 Å². The second-order valence-corrected chi connectivity index (χ2v) is 12.1. The van der Waals surface area contributed by atoms with Gasteiger partial charge in [0.15, 0.2) is 0 Å². The van der Waals surface area contributed by atoms with E-state index in [0.717, 1.165) is 22.5 Å². The minimum absolute atomic E-state index is 0.941. The van der Waals surface area contributed by atoms with Crippen molar-refractivity contribution in [1.82, 2.24) is 9.13 Å². The average Bonchev–Trinajstić information content (AvgIpc) is 3.76. The van der Waals surface area contributed by atoms with Gasteiger partial charge in [0.1, 0.15) is 11.2 Å². The summed E-state index contributed by atoms with van der Waals surface area (Å²) in [6.07, 6.45) is 0. The van der Waals surface area contributed by atoms with Crippen LogP contribution in [0.15, 0.2) is 150 Å². The zero-order valence-electron chi connectivity index (χ0n) is 24.2. The Balaban J connectivity index is 1.47. The van der Waals surface area contributed by atoms with Crippen molar-refractivity contribution in [2.24, 2.45) is 0 Å². The molecule has 3 heteroatoms. The molecule has 0 aliphatic rings. The first-order chi connectivity index (χ1) is 22.4. The molecule has 0 aliphatic carbocycles. The molecule has 0 atom stereocenters. The summed E-state index contributed by atoms with van der Waals surface area (Å²) in [6, 6.07) is 52.7. The van der Waals surface area contributed by atoms with E-state index in [-0.39, 0.29) is 0 Å². The predicted octanol–water partition coefficient (Wildman–Crippen LogP) is 11.5. The highest BCUT2D eigenvalue weighted by atomic mass is 16.3. The van der Waals surface area contributed by atoms with Gasteiger partial charge in [-0.05, 0) is 64.7 Å². The number of hydrogen-bond donors (Lipinski definition) is 0. The van der Waals surface area contributed by atoms with Crippen molar-refractivity contribution in [1.29, 1.82) is 0 Å². The Morgan fingerprint density at radius 2 is 0.844 bits per heavy atom. The molecule has 0 radical (unpaired) electrons. The summed E-state index contributed by atoms with van der Waals surface area (Å²) in [5.41, 5.74) is 9.02. The molecule has 11 aromatic rings. The van der Waals surface area contributed by atoms with Crippen LogP contribution >= 0.6 is 0 Å². The molecule has 0 amide bonds. The molecule has 0 spiro atoms. The third kappa shape index (κ3) is 2.86. The first-order valence-electron chi connectivity index (χ1n) is 15.5. The quantitative estimate of drug-likeness (QED) is 0.189. The van der Waals surface area contributed by atoms with Gasteiger partial charge < -0.3 is 13.6 Å². The van der Waals surface area contributed by atoms with Crippen LogP contribution in [-0.2, 0) is 0 Å². The van der Waals surface area contributed by atoms with E-state index in [9.17, 15) is 0 Å². The van der Waals surface area contributed by atoms with Crippen LogP contribution in [0.2, 0.25) is 0 Å². The van der Waals surface area contributed by atoms with Crippen LogP contribution in [0.4, 0.5) is 0 Å². The third-order valence-corrected chi connectivity index (χ3v) is 9.84. The summed E-state index contributed by atoms with van der Waals surface area (Å²) in [4.78, 5) is 0. The molecule has 0 unspecified atom stereocenters. The van der Waals surface area contributed by atoms with Gasteiger partial charge in [-0.3, -0.25) is 0 Å². The van der Waals surface area contributed by atoms with Crippen molar-refractivity contribution in [3.8, 4) is 11.4 Å². The van der Waals surface area contributed by atoms with Crippen LogP contribution < -0.4 is 0 Å². The Morgan fingerprint density at radius 3 is 1.60 bits per heavy atom. The third-order valence-electron chi connectivity index (χ3n) is 9.84. The molecular formula is C42H24N2O. The summed E-state index contributed by atoms with van der Waals surface area (Å²) >= 11 is 0. The summed E-state index contributed by atoms with van der Waals surface area (Å²) in [7, 11) is 0. The van der Waals surface area contributed by atoms with E-state index in [1.165, 1.54) is 75.9 Å². The topological polar surface area (TPSA) is 23.0 Å². The fraction of sp³-hybridized carbons (Fsp3) is 0.